The maximum Gasteiger partial charge on any atom is 0.387 e. The Kier molecular flexibility index (Phi) is 6.14. The highest BCUT2D eigenvalue weighted by Crippen LogP contribution is 2.20. The monoisotopic (exact) mass is 354 g/mol. The second-order valence-corrected chi connectivity index (χ2v) is 6.50. The van der Waals surface area contributed by atoms with Crippen LogP contribution < -0.4 is 10.1 Å². The number of urea groups is 1. The fraction of sp³-hybridized carbons (Fsp3) is 0.353. The molecule has 7 heteroatoms. The third kappa shape index (κ3) is 4.92. The summed E-state index contributed by atoms with van der Waals surface area (Å²) < 4.78 is 28.6. The standard InChI is InChI=1S/C17H20F2N2O2S/c1-11-8-9-24-15(11)10-21(3)17(22)20-12(2)13-4-6-14(7-5-13)23-16(18)19/h4-9,12,16H,10H2,1-3H3,(H,20,22). The molecule has 24 heavy (non-hydrogen) atoms. The number of alkyl halides is 2. The van der Waals surface area contributed by atoms with Crippen LogP contribution >= 0.6 is 11.3 Å². The van der Waals surface area contributed by atoms with Crippen LogP contribution in [0, 0.1) is 6.92 Å². The van der Waals surface area contributed by atoms with Gasteiger partial charge in [0.2, 0.25) is 0 Å². The Balaban J connectivity index is 1.91. The molecule has 1 aromatic carbocycles. The fourth-order valence-corrected chi connectivity index (χ4v) is 3.13. The number of carbonyl (C=O) groups excluding carboxylic acids is 1. The fourth-order valence-electron chi connectivity index (χ4n) is 2.17. The quantitative estimate of drug-likeness (QED) is 0.826. The first-order valence-corrected chi connectivity index (χ1v) is 8.34. The number of hydrogen-bond acceptors (Lipinski definition) is 3. The molecule has 0 aliphatic rings. The molecule has 0 saturated carbocycles. The van der Waals surface area contributed by atoms with E-state index in [1.807, 2.05) is 25.3 Å². The van der Waals surface area contributed by atoms with Gasteiger partial charge in [-0.3, -0.25) is 0 Å². The molecule has 1 aromatic heterocycles. The van der Waals surface area contributed by atoms with Crippen molar-refractivity contribution in [3.05, 3.63) is 51.7 Å². The number of nitrogens with zero attached hydrogens (tertiary/aromatic N) is 1. The summed E-state index contributed by atoms with van der Waals surface area (Å²) in [6.45, 7) is 1.56. The highest BCUT2D eigenvalue weighted by atomic mass is 32.1. The Hall–Kier alpha value is -2.15. The summed E-state index contributed by atoms with van der Waals surface area (Å²) in [6, 6.07) is 7.83. The molecule has 0 spiro atoms. The molecule has 0 aliphatic carbocycles. The van der Waals surface area contributed by atoms with Gasteiger partial charge >= 0.3 is 12.6 Å². The van der Waals surface area contributed by atoms with Gasteiger partial charge in [-0.05, 0) is 48.6 Å². The van der Waals surface area contributed by atoms with Crippen molar-refractivity contribution in [2.24, 2.45) is 0 Å². The highest BCUT2D eigenvalue weighted by Gasteiger charge is 2.15. The smallest absolute Gasteiger partial charge is 0.387 e. The predicted molar refractivity (Wildman–Crippen MR) is 90.5 cm³/mol. The van der Waals surface area contributed by atoms with Gasteiger partial charge in [-0.2, -0.15) is 8.78 Å². The number of ether oxygens (including phenoxy) is 1. The van der Waals surface area contributed by atoms with Crippen LogP contribution in [0.5, 0.6) is 5.75 Å². The van der Waals surface area contributed by atoms with Gasteiger partial charge in [0, 0.05) is 11.9 Å². The summed E-state index contributed by atoms with van der Waals surface area (Å²) in [7, 11) is 1.74. The number of thiophene rings is 1. The largest absolute Gasteiger partial charge is 0.435 e. The lowest BCUT2D eigenvalue weighted by atomic mass is 10.1. The maximum atomic E-state index is 12.3. The second kappa shape index (κ2) is 8.10. The predicted octanol–water partition coefficient (Wildman–Crippen LogP) is 4.56. The van der Waals surface area contributed by atoms with E-state index in [-0.39, 0.29) is 17.8 Å². The first-order valence-electron chi connectivity index (χ1n) is 7.46. The summed E-state index contributed by atoms with van der Waals surface area (Å²) in [6.07, 6.45) is 0. The Morgan fingerprint density at radius 3 is 2.50 bits per heavy atom. The number of aryl methyl sites for hydroxylation is 1. The summed E-state index contributed by atoms with van der Waals surface area (Å²) in [4.78, 5) is 15.0. The van der Waals surface area contributed by atoms with Crippen molar-refractivity contribution >= 4 is 17.4 Å². The minimum absolute atomic E-state index is 0.0950. The minimum Gasteiger partial charge on any atom is -0.435 e. The molecular formula is C17H20F2N2O2S. The van der Waals surface area contributed by atoms with Crippen LogP contribution in [0.15, 0.2) is 35.7 Å². The number of halogens is 2. The number of carbonyl (C=O) groups is 1. The highest BCUT2D eigenvalue weighted by molar-refractivity contribution is 7.10. The van der Waals surface area contributed by atoms with Crippen molar-refractivity contribution in [1.29, 1.82) is 0 Å². The van der Waals surface area contributed by atoms with E-state index in [4.69, 9.17) is 0 Å². The maximum absolute atomic E-state index is 12.3. The topological polar surface area (TPSA) is 41.6 Å². The van der Waals surface area contributed by atoms with Crippen LogP contribution in [-0.2, 0) is 6.54 Å². The molecule has 0 aliphatic heterocycles. The van der Waals surface area contributed by atoms with Gasteiger partial charge in [-0.25, -0.2) is 4.79 Å². The van der Waals surface area contributed by atoms with E-state index < -0.39 is 6.61 Å². The average molecular weight is 354 g/mol. The van der Waals surface area contributed by atoms with Gasteiger partial charge in [-0.15, -0.1) is 11.3 Å². The lowest BCUT2D eigenvalue weighted by Gasteiger charge is -2.21. The van der Waals surface area contributed by atoms with Crippen molar-refractivity contribution in [2.75, 3.05) is 7.05 Å². The Morgan fingerprint density at radius 2 is 1.96 bits per heavy atom. The lowest BCUT2D eigenvalue weighted by Crippen LogP contribution is -2.38. The van der Waals surface area contributed by atoms with Crippen molar-refractivity contribution in [3.63, 3.8) is 0 Å². The van der Waals surface area contributed by atoms with E-state index in [0.717, 1.165) is 10.4 Å². The molecule has 1 atom stereocenters. The molecule has 2 aromatic rings. The van der Waals surface area contributed by atoms with Crippen LogP contribution in [0.1, 0.15) is 29.0 Å². The number of amides is 2. The van der Waals surface area contributed by atoms with Crippen LogP contribution in [0.3, 0.4) is 0 Å². The molecule has 0 radical (unpaired) electrons. The molecule has 2 amide bonds. The second-order valence-electron chi connectivity index (χ2n) is 5.50. The molecule has 130 valence electrons. The Morgan fingerprint density at radius 1 is 1.29 bits per heavy atom. The first kappa shape index (κ1) is 18.2. The zero-order valence-electron chi connectivity index (χ0n) is 13.8. The van der Waals surface area contributed by atoms with Gasteiger partial charge in [0.25, 0.3) is 0 Å². The average Bonchev–Trinajstić information content (AvgIpc) is 2.92. The zero-order valence-corrected chi connectivity index (χ0v) is 14.6. The summed E-state index contributed by atoms with van der Waals surface area (Å²) in [5.41, 5.74) is 1.98. The number of nitrogens with one attached hydrogen (secondary N) is 1. The molecule has 1 N–H and O–H groups in total. The summed E-state index contributed by atoms with van der Waals surface area (Å²) >= 11 is 1.62. The molecule has 0 bridgehead atoms. The van der Waals surface area contributed by atoms with Gasteiger partial charge in [0.15, 0.2) is 0 Å². The third-order valence-electron chi connectivity index (χ3n) is 3.64. The van der Waals surface area contributed by atoms with E-state index in [2.05, 4.69) is 10.1 Å². The summed E-state index contributed by atoms with van der Waals surface area (Å²) in [5, 5.41) is 4.89. The normalized spacial score (nSPS) is 12.1. The number of benzene rings is 1. The molecule has 2 rings (SSSR count). The van der Waals surface area contributed by atoms with Crippen molar-refractivity contribution in [2.45, 2.75) is 33.0 Å². The van der Waals surface area contributed by atoms with E-state index >= 15 is 0 Å². The number of hydrogen-bond donors (Lipinski definition) is 1. The molecule has 0 fully saturated rings. The SMILES string of the molecule is Cc1ccsc1CN(C)C(=O)NC(C)c1ccc(OC(F)F)cc1. The van der Waals surface area contributed by atoms with E-state index in [1.165, 1.54) is 17.7 Å². The molecular weight excluding hydrogens is 334 g/mol. The summed E-state index contributed by atoms with van der Waals surface area (Å²) in [5.74, 6) is 0.0950. The third-order valence-corrected chi connectivity index (χ3v) is 4.65. The van der Waals surface area contributed by atoms with Crippen molar-refractivity contribution < 1.29 is 18.3 Å². The Bertz CT molecular complexity index is 673. The molecule has 4 nitrogen and oxygen atoms in total. The molecule has 1 unspecified atom stereocenters. The van der Waals surface area contributed by atoms with E-state index in [9.17, 15) is 13.6 Å². The molecule has 0 saturated heterocycles. The van der Waals surface area contributed by atoms with E-state index in [1.54, 1.807) is 35.4 Å². The zero-order chi connectivity index (χ0) is 17.7. The van der Waals surface area contributed by atoms with Crippen molar-refractivity contribution in [1.82, 2.24) is 10.2 Å². The van der Waals surface area contributed by atoms with Gasteiger partial charge in [0.05, 0.1) is 12.6 Å². The van der Waals surface area contributed by atoms with Gasteiger partial charge in [-0.1, -0.05) is 12.1 Å². The number of rotatable bonds is 6. The Labute approximate surface area is 144 Å². The van der Waals surface area contributed by atoms with Gasteiger partial charge in [0.1, 0.15) is 5.75 Å². The van der Waals surface area contributed by atoms with Crippen LogP contribution in [0.2, 0.25) is 0 Å². The van der Waals surface area contributed by atoms with Crippen LogP contribution in [0.4, 0.5) is 13.6 Å². The van der Waals surface area contributed by atoms with E-state index in [0.29, 0.717) is 6.54 Å². The molecule has 1 heterocycles. The lowest BCUT2D eigenvalue weighted by molar-refractivity contribution is -0.0498. The minimum atomic E-state index is -2.85. The van der Waals surface area contributed by atoms with Crippen LogP contribution in [-0.4, -0.2) is 24.6 Å². The van der Waals surface area contributed by atoms with Crippen LogP contribution in [0.25, 0.3) is 0 Å². The first-order chi connectivity index (χ1) is 11.4. The van der Waals surface area contributed by atoms with Crippen molar-refractivity contribution in [3.8, 4) is 5.75 Å². The van der Waals surface area contributed by atoms with Gasteiger partial charge < -0.3 is 15.0 Å².